The van der Waals surface area contributed by atoms with Gasteiger partial charge in [-0.3, -0.25) is 9.69 Å². The van der Waals surface area contributed by atoms with Gasteiger partial charge in [0.1, 0.15) is 0 Å². The Morgan fingerprint density at radius 3 is 2.37 bits per heavy atom. The second-order valence-electron chi connectivity index (χ2n) is 6.37. The predicted octanol–water partition coefficient (Wildman–Crippen LogP) is 3.58. The topological polar surface area (TPSA) is 20.3 Å². The average molecular weight is 259 g/mol. The Hall–Kier alpha value is -1.15. The average Bonchev–Trinajstić information content (AvgIpc) is 3.04. The summed E-state index contributed by atoms with van der Waals surface area (Å²) in [4.78, 5) is 14.3. The molecular formula is C17H25NO. The fourth-order valence-electron chi connectivity index (χ4n) is 2.51. The first-order valence-electron chi connectivity index (χ1n) is 7.29. The van der Waals surface area contributed by atoms with Crippen molar-refractivity contribution < 1.29 is 4.79 Å². The van der Waals surface area contributed by atoms with Gasteiger partial charge in [-0.15, -0.1) is 0 Å². The van der Waals surface area contributed by atoms with E-state index in [4.69, 9.17) is 0 Å². The van der Waals surface area contributed by atoms with Crippen molar-refractivity contribution in [3.8, 4) is 0 Å². The largest absolute Gasteiger partial charge is 0.299 e. The monoisotopic (exact) mass is 259 g/mol. The minimum absolute atomic E-state index is 0.228. The van der Waals surface area contributed by atoms with Crippen molar-refractivity contribution in [2.24, 2.45) is 11.8 Å². The van der Waals surface area contributed by atoms with E-state index in [1.807, 2.05) is 19.2 Å². The second kappa shape index (κ2) is 5.87. The van der Waals surface area contributed by atoms with Crippen LogP contribution < -0.4 is 0 Å². The lowest BCUT2D eigenvalue weighted by Gasteiger charge is -2.15. The van der Waals surface area contributed by atoms with Crippen LogP contribution in [0.1, 0.15) is 49.0 Å². The highest BCUT2D eigenvalue weighted by Gasteiger charge is 2.33. The fraction of sp³-hybridized carbons (Fsp3) is 0.588. The number of Topliss-reactive ketones (excluding diaryl/α,β-unsaturated/α-hetero) is 1. The van der Waals surface area contributed by atoms with Crippen LogP contribution in [0.3, 0.4) is 0 Å². The summed E-state index contributed by atoms with van der Waals surface area (Å²) in [7, 11) is 2.05. The van der Waals surface area contributed by atoms with Crippen LogP contribution in [0.25, 0.3) is 0 Å². The molecule has 0 saturated heterocycles. The van der Waals surface area contributed by atoms with Crippen molar-refractivity contribution in [2.45, 2.75) is 33.1 Å². The van der Waals surface area contributed by atoms with E-state index < -0.39 is 0 Å². The lowest BCUT2D eigenvalue weighted by atomic mass is 10.0. The van der Waals surface area contributed by atoms with E-state index in [1.165, 1.54) is 12.0 Å². The third-order valence-electron chi connectivity index (χ3n) is 4.14. The zero-order chi connectivity index (χ0) is 14.0. The number of nitrogens with zero attached hydrogens (tertiary/aromatic N) is 1. The van der Waals surface area contributed by atoms with Gasteiger partial charge in [-0.05, 0) is 36.8 Å². The molecule has 1 fully saturated rings. The van der Waals surface area contributed by atoms with E-state index in [9.17, 15) is 4.79 Å². The quantitative estimate of drug-likeness (QED) is 0.728. The maximum absolute atomic E-state index is 12.2. The van der Waals surface area contributed by atoms with Gasteiger partial charge < -0.3 is 0 Å². The van der Waals surface area contributed by atoms with Crippen LogP contribution in [0.4, 0.5) is 0 Å². The Morgan fingerprint density at radius 1 is 1.32 bits per heavy atom. The van der Waals surface area contributed by atoms with Gasteiger partial charge in [0.2, 0.25) is 0 Å². The first-order chi connectivity index (χ1) is 8.97. The molecule has 1 aromatic rings. The first-order valence-corrected chi connectivity index (χ1v) is 7.29. The van der Waals surface area contributed by atoms with Gasteiger partial charge in [0.15, 0.2) is 5.78 Å². The molecule has 0 amide bonds. The molecule has 0 heterocycles. The molecule has 0 spiro atoms. The van der Waals surface area contributed by atoms with E-state index >= 15 is 0 Å². The number of likely N-dealkylation sites (N-methyl/N-ethyl adjacent to an activating group) is 1. The SMILES string of the molecule is CC(C)c1ccc(C(=O)CN(C)CC2CC2C)cc1. The summed E-state index contributed by atoms with van der Waals surface area (Å²) >= 11 is 0. The van der Waals surface area contributed by atoms with Crippen molar-refractivity contribution >= 4 is 5.78 Å². The van der Waals surface area contributed by atoms with Gasteiger partial charge in [0, 0.05) is 12.1 Å². The van der Waals surface area contributed by atoms with Gasteiger partial charge in [-0.25, -0.2) is 0 Å². The molecule has 0 bridgehead atoms. The highest BCUT2D eigenvalue weighted by atomic mass is 16.1. The molecule has 1 aromatic carbocycles. The minimum Gasteiger partial charge on any atom is -0.299 e. The van der Waals surface area contributed by atoms with Crippen molar-refractivity contribution in [1.29, 1.82) is 0 Å². The van der Waals surface area contributed by atoms with Crippen LogP contribution in [0.15, 0.2) is 24.3 Å². The zero-order valence-corrected chi connectivity index (χ0v) is 12.5. The lowest BCUT2D eigenvalue weighted by molar-refractivity contribution is 0.0943. The Morgan fingerprint density at radius 2 is 1.89 bits per heavy atom. The summed E-state index contributed by atoms with van der Waals surface area (Å²) in [6.45, 7) is 8.20. The van der Waals surface area contributed by atoms with Crippen LogP contribution in [-0.2, 0) is 0 Å². The van der Waals surface area contributed by atoms with Gasteiger partial charge in [0.05, 0.1) is 6.54 Å². The van der Waals surface area contributed by atoms with Crippen LogP contribution >= 0.6 is 0 Å². The maximum Gasteiger partial charge on any atom is 0.176 e. The van der Waals surface area contributed by atoms with Crippen molar-refractivity contribution in [1.82, 2.24) is 4.90 Å². The highest BCUT2D eigenvalue weighted by Crippen LogP contribution is 2.37. The Labute approximate surface area is 116 Å². The van der Waals surface area contributed by atoms with Crippen LogP contribution in [0.5, 0.6) is 0 Å². The molecule has 0 aromatic heterocycles. The summed E-state index contributed by atoms with van der Waals surface area (Å²) in [5.74, 6) is 2.40. The molecular weight excluding hydrogens is 234 g/mol. The number of carbonyl (C=O) groups excluding carboxylic acids is 1. The maximum atomic E-state index is 12.2. The first kappa shape index (κ1) is 14.3. The molecule has 2 heteroatoms. The number of hydrogen-bond acceptors (Lipinski definition) is 2. The number of ketones is 1. The van der Waals surface area contributed by atoms with Crippen LogP contribution in [-0.4, -0.2) is 30.8 Å². The third kappa shape index (κ3) is 3.90. The molecule has 1 aliphatic rings. The molecule has 0 aliphatic heterocycles. The molecule has 1 saturated carbocycles. The van der Waals surface area contributed by atoms with E-state index in [-0.39, 0.29) is 5.78 Å². The zero-order valence-electron chi connectivity index (χ0n) is 12.5. The summed E-state index contributed by atoms with van der Waals surface area (Å²) in [5.41, 5.74) is 2.12. The number of hydrogen-bond donors (Lipinski definition) is 0. The second-order valence-corrected chi connectivity index (χ2v) is 6.37. The minimum atomic E-state index is 0.228. The summed E-state index contributed by atoms with van der Waals surface area (Å²) in [5, 5.41) is 0. The Bertz CT molecular complexity index is 435. The highest BCUT2D eigenvalue weighted by molar-refractivity contribution is 5.97. The lowest BCUT2D eigenvalue weighted by Crippen LogP contribution is -2.28. The molecule has 2 unspecified atom stereocenters. The van der Waals surface area contributed by atoms with Crippen molar-refractivity contribution in [2.75, 3.05) is 20.1 Å². The summed E-state index contributed by atoms with van der Waals surface area (Å²) in [6, 6.07) is 8.07. The van der Waals surface area contributed by atoms with Crippen LogP contribution in [0.2, 0.25) is 0 Å². The molecule has 2 atom stereocenters. The molecule has 104 valence electrons. The third-order valence-corrected chi connectivity index (χ3v) is 4.14. The number of rotatable bonds is 6. The molecule has 2 rings (SSSR count). The van der Waals surface area contributed by atoms with Gasteiger partial charge >= 0.3 is 0 Å². The fourth-order valence-corrected chi connectivity index (χ4v) is 2.51. The standard InChI is InChI=1S/C17H25NO/c1-12(2)14-5-7-15(8-6-14)17(19)11-18(4)10-16-9-13(16)3/h5-8,12-13,16H,9-11H2,1-4H3. The molecule has 2 nitrogen and oxygen atoms in total. The predicted molar refractivity (Wildman–Crippen MR) is 79.6 cm³/mol. The van der Waals surface area contributed by atoms with E-state index in [0.29, 0.717) is 12.5 Å². The van der Waals surface area contributed by atoms with Crippen molar-refractivity contribution in [3.05, 3.63) is 35.4 Å². The van der Waals surface area contributed by atoms with Crippen LogP contribution in [0, 0.1) is 11.8 Å². The van der Waals surface area contributed by atoms with E-state index in [2.05, 4.69) is 37.8 Å². The summed E-state index contributed by atoms with van der Waals surface area (Å²) < 4.78 is 0. The molecule has 0 N–H and O–H groups in total. The Kier molecular flexibility index (Phi) is 4.41. The van der Waals surface area contributed by atoms with Gasteiger partial charge in [0.25, 0.3) is 0 Å². The normalized spacial score (nSPS) is 22.0. The molecule has 1 aliphatic carbocycles. The molecule has 19 heavy (non-hydrogen) atoms. The number of carbonyl (C=O) groups is 1. The molecule has 0 radical (unpaired) electrons. The van der Waals surface area contributed by atoms with Crippen molar-refractivity contribution in [3.63, 3.8) is 0 Å². The smallest absolute Gasteiger partial charge is 0.176 e. The van der Waals surface area contributed by atoms with E-state index in [0.717, 1.165) is 23.9 Å². The Balaban J connectivity index is 1.88. The van der Waals surface area contributed by atoms with E-state index in [1.54, 1.807) is 0 Å². The van der Waals surface area contributed by atoms with Gasteiger partial charge in [-0.1, -0.05) is 45.0 Å². The van der Waals surface area contributed by atoms with Gasteiger partial charge in [-0.2, -0.15) is 0 Å². The summed E-state index contributed by atoms with van der Waals surface area (Å²) in [6.07, 6.45) is 1.32. The number of benzene rings is 1.